The Bertz CT molecular complexity index is 278. The second-order valence-corrected chi connectivity index (χ2v) is 5.59. The molecule has 0 radical (unpaired) electrons. The van der Waals surface area contributed by atoms with Crippen molar-refractivity contribution in [1.82, 2.24) is 10.6 Å². The van der Waals surface area contributed by atoms with Gasteiger partial charge in [-0.2, -0.15) is 0 Å². The van der Waals surface area contributed by atoms with Crippen molar-refractivity contribution in [1.29, 1.82) is 0 Å². The number of carbonyl (C=O) groups is 1. The zero-order chi connectivity index (χ0) is 14.8. The molecule has 1 aliphatic heterocycles. The molecule has 20 heavy (non-hydrogen) atoms. The first-order valence-corrected chi connectivity index (χ1v) is 7.34. The summed E-state index contributed by atoms with van der Waals surface area (Å²) in [6, 6.07) is 0. The summed E-state index contributed by atoms with van der Waals surface area (Å²) in [5, 5.41) is 16.0. The Morgan fingerprint density at radius 3 is 2.75 bits per heavy atom. The van der Waals surface area contributed by atoms with Crippen LogP contribution in [-0.4, -0.2) is 62.7 Å². The fourth-order valence-electron chi connectivity index (χ4n) is 2.07. The highest BCUT2D eigenvalue weighted by Gasteiger charge is 2.21. The highest BCUT2D eigenvalue weighted by atomic mass is 16.5. The van der Waals surface area contributed by atoms with Crippen LogP contribution in [0.25, 0.3) is 0 Å². The topological polar surface area (TPSA) is 79.8 Å². The number of aliphatic hydroxyl groups is 1. The molecule has 0 aromatic carbocycles. The molecule has 1 heterocycles. The maximum atomic E-state index is 11.7. The summed E-state index contributed by atoms with van der Waals surface area (Å²) in [6.45, 7) is 4.82. The molecule has 1 unspecified atom stereocenters. The van der Waals surface area contributed by atoms with Gasteiger partial charge in [0.05, 0.1) is 18.3 Å². The minimum Gasteiger partial charge on any atom is -0.388 e. The summed E-state index contributed by atoms with van der Waals surface area (Å²) >= 11 is 0. The lowest BCUT2D eigenvalue weighted by Crippen LogP contribution is -2.41. The summed E-state index contributed by atoms with van der Waals surface area (Å²) in [4.78, 5) is 11.7. The van der Waals surface area contributed by atoms with Crippen molar-refractivity contribution in [3.8, 4) is 0 Å². The molecule has 6 heteroatoms. The highest BCUT2D eigenvalue weighted by Crippen LogP contribution is 2.09. The molecule has 118 valence electrons. The predicted octanol–water partition coefficient (Wildman–Crippen LogP) is 0.0488. The van der Waals surface area contributed by atoms with Crippen LogP contribution in [0.1, 0.15) is 32.6 Å². The van der Waals surface area contributed by atoms with Gasteiger partial charge in [-0.25, -0.2) is 0 Å². The van der Waals surface area contributed by atoms with E-state index in [0.29, 0.717) is 26.1 Å². The summed E-state index contributed by atoms with van der Waals surface area (Å²) in [6.07, 6.45) is 3.12. The Kier molecular flexibility index (Phi) is 8.06. The molecule has 0 aromatic rings. The molecule has 1 atom stereocenters. The third-order valence-electron chi connectivity index (χ3n) is 3.48. The molecule has 1 amide bonds. The summed E-state index contributed by atoms with van der Waals surface area (Å²) in [7, 11) is 1.59. The number of piperidine rings is 1. The molecule has 1 saturated heterocycles. The normalized spacial score (nSPS) is 19.6. The second kappa shape index (κ2) is 9.28. The number of nitrogens with one attached hydrogen (secondary N) is 2. The molecule has 6 nitrogen and oxygen atoms in total. The third-order valence-corrected chi connectivity index (χ3v) is 3.48. The van der Waals surface area contributed by atoms with Gasteiger partial charge in [0.25, 0.3) is 0 Å². The van der Waals surface area contributed by atoms with E-state index in [1.54, 1.807) is 14.0 Å². The maximum absolute atomic E-state index is 11.7. The lowest BCUT2D eigenvalue weighted by molar-refractivity contribution is -0.124. The number of carbonyl (C=O) groups excluding carboxylic acids is 1. The van der Waals surface area contributed by atoms with Crippen LogP contribution in [-0.2, 0) is 14.3 Å². The van der Waals surface area contributed by atoms with Crippen molar-refractivity contribution in [3.63, 3.8) is 0 Å². The zero-order valence-corrected chi connectivity index (χ0v) is 12.6. The predicted molar refractivity (Wildman–Crippen MR) is 76.6 cm³/mol. The number of hydrogen-bond donors (Lipinski definition) is 3. The van der Waals surface area contributed by atoms with E-state index in [0.717, 1.165) is 25.9 Å². The number of hydrogen-bond acceptors (Lipinski definition) is 5. The van der Waals surface area contributed by atoms with Crippen molar-refractivity contribution in [2.75, 3.05) is 40.0 Å². The van der Waals surface area contributed by atoms with E-state index in [2.05, 4.69) is 10.6 Å². The van der Waals surface area contributed by atoms with Crippen molar-refractivity contribution >= 4 is 5.91 Å². The zero-order valence-electron chi connectivity index (χ0n) is 12.6. The largest absolute Gasteiger partial charge is 0.388 e. The fourth-order valence-corrected chi connectivity index (χ4v) is 2.07. The van der Waals surface area contributed by atoms with Gasteiger partial charge in [0.1, 0.15) is 0 Å². The maximum Gasteiger partial charge on any atom is 0.222 e. The molecule has 0 saturated carbocycles. The molecular weight excluding hydrogens is 260 g/mol. The summed E-state index contributed by atoms with van der Waals surface area (Å²) in [5.74, 6) is -0.0865. The van der Waals surface area contributed by atoms with Gasteiger partial charge in [-0.3, -0.25) is 4.79 Å². The molecule has 1 aliphatic rings. The number of rotatable bonds is 9. The Morgan fingerprint density at radius 2 is 2.10 bits per heavy atom. The second-order valence-electron chi connectivity index (χ2n) is 5.59. The van der Waals surface area contributed by atoms with Crippen molar-refractivity contribution in [2.24, 2.45) is 0 Å². The van der Waals surface area contributed by atoms with Crippen LogP contribution >= 0.6 is 0 Å². The lowest BCUT2D eigenvalue weighted by Gasteiger charge is -2.24. The van der Waals surface area contributed by atoms with E-state index in [1.807, 2.05) is 0 Å². The van der Waals surface area contributed by atoms with E-state index in [-0.39, 0.29) is 18.6 Å². The number of ether oxygens (including phenoxy) is 2. The molecule has 1 fully saturated rings. The minimum atomic E-state index is -0.929. The first kappa shape index (κ1) is 17.4. The lowest BCUT2D eigenvalue weighted by atomic mass is 10.0. The Balaban J connectivity index is 2.07. The van der Waals surface area contributed by atoms with Gasteiger partial charge in [-0.1, -0.05) is 0 Å². The van der Waals surface area contributed by atoms with Crippen LogP contribution in [0, 0.1) is 0 Å². The standard InChI is InChI=1S/C14H28N2O4/c1-14(18,6-10-19-2)11-16-13(17)5-9-20-12-3-7-15-8-4-12/h12,15,18H,3-11H2,1-2H3,(H,16,17). The van der Waals surface area contributed by atoms with E-state index >= 15 is 0 Å². The van der Waals surface area contributed by atoms with Crippen molar-refractivity contribution in [3.05, 3.63) is 0 Å². The van der Waals surface area contributed by atoms with Crippen LogP contribution in [0.5, 0.6) is 0 Å². The van der Waals surface area contributed by atoms with Gasteiger partial charge in [0.15, 0.2) is 0 Å². The van der Waals surface area contributed by atoms with Gasteiger partial charge in [0, 0.05) is 33.1 Å². The van der Waals surface area contributed by atoms with Gasteiger partial charge in [-0.15, -0.1) is 0 Å². The smallest absolute Gasteiger partial charge is 0.222 e. The van der Waals surface area contributed by atoms with Crippen LogP contribution in [0.15, 0.2) is 0 Å². The first-order valence-electron chi connectivity index (χ1n) is 7.34. The molecule has 0 aliphatic carbocycles. The monoisotopic (exact) mass is 288 g/mol. The van der Waals surface area contributed by atoms with Gasteiger partial charge in [-0.05, 0) is 32.9 Å². The average Bonchev–Trinajstić information content (AvgIpc) is 2.44. The number of amides is 1. The van der Waals surface area contributed by atoms with Crippen LogP contribution in [0.4, 0.5) is 0 Å². The molecule has 0 bridgehead atoms. The summed E-state index contributed by atoms with van der Waals surface area (Å²) < 4.78 is 10.6. The minimum absolute atomic E-state index is 0.0865. The summed E-state index contributed by atoms with van der Waals surface area (Å²) in [5.41, 5.74) is -0.929. The quantitative estimate of drug-likeness (QED) is 0.558. The number of methoxy groups -OCH3 is 1. The van der Waals surface area contributed by atoms with E-state index in [4.69, 9.17) is 9.47 Å². The van der Waals surface area contributed by atoms with Crippen LogP contribution < -0.4 is 10.6 Å². The molecule has 0 spiro atoms. The van der Waals surface area contributed by atoms with E-state index in [9.17, 15) is 9.90 Å². The fraction of sp³-hybridized carbons (Fsp3) is 0.929. The first-order chi connectivity index (χ1) is 9.53. The van der Waals surface area contributed by atoms with Crippen LogP contribution in [0.2, 0.25) is 0 Å². The Morgan fingerprint density at radius 1 is 1.40 bits per heavy atom. The van der Waals surface area contributed by atoms with Gasteiger partial charge < -0.3 is 25.2 Å². The molecule has 3 N–H and O–H groups in total. The SMILES string of the molecule is COCCC(C)(O)CNC(=O)CCOC1CCNCC1. The molecule has 1 rings (SSSR count). The average molecular weight is 288 g/mol. The third kappa shape index (κ3) is 7.79. The van der Waals surface area contributed by atoms with Crippen LogP contribution in [0.3, 0.4) is 0 Å². The molecule has 0 aromatic heterocycles. The van der Waals surface area contributed by atoms with E-state index in [1.165, 1.54) is 0 Å². The highest BCUT2D eigenvalue weighted by molar-refractivity contribution is 5.76. The van der Waals surface area contributed by atoms with Crippen molar-refractivity contribution < 1.29 is 19.4 Å². The van der Waals surface area contributed by atoms with E-state index < -0.39 is 5.60 Å². The van der Waals surface area contributed by atoms with Crippen molar-refractivity contribution in [2.45, 2.75) is 44.3 Å². The Hall–Kier alpha value is -0.690. The van der Waals surface area contributed by atoms with Gasteiger partial charge >= 0.3 is 0 Å². The molecular formula is C14H28N2O4. The van der Waals surface area contributed by atoms with Gasteiger partial charge in [0.2, 0.25) is 5.91 Å². The Labute approximate surface area is 121 Å².